The molecule has 3 N–H and O–H groups in total. The van der Waals surface area contributed by atoms with Crippen LogP contribution in [0.3, 0.4) is 0 Å². The SMILES string of the molecule is Cc1ccc2c(Cc3cccc(S(C)(=O)=O)c3)nccc2c1NC(=O)c1csc2c(N)ncnc12. The maximum absolute atomic E-state index is 13.2. The molecule has 5 rings (SSSR count). The van der Waals surface area contributed by atoms with Crippen molar-refractivity contribution in [2.24, 2.45) is 0 Å². The van der Waals surface area contributed by atoms with Crippen LogP contribution in [0.2, 0.25) is 0 Å². The first kappa shape index (κ1) is 22.9. The summed E-state index contributed by atoms with van der Waals surface area (Å²) < 4.78 is 24.6. The Morgan fingerprint density at radius 2 is 1.91 bits per heavy atom. The molecule has 176 valence electrons. The lowest BCUT2D eigenvalue weighted by Crippen LogP contribution is -2.13. The van der Waals surface area contributed by atoms with Gasteiger partial charge in [-0.3, -0.25) is 9.78 Å². The number of hydrogen-bond acceptors (Lipinski definition) is 8. The molecule has 0 bridgehead atoms. The second-order valence-electron chi connectivity index (χ2n) is 8.25. The first-order valence-electron chi connectivity index (χ1n) is 10.7. The minimum Gasteiger partial charge on any atom is -0.382 e. The first-order chi connectivity index (χ1) is 16.7. The number of thiophene rings is 1. The molecule has 5 aromatic rings. The molecule has 1 amide bonds. The number of nitrogen functional groups attached to an aromatic ring is 1. The largest absolute Gasteiger partial charge is 0.382 e. The van der Waals surface area contributed by atoms with E-state index in [1.54, 1.807) is 29.8 Å². The molecule has 0 radical (unpaired) electrons. The van der Waals surface area contributed by atoms with E-state index in [0.717, 1.165) is 27.6 Å². The summed E-state index contributed by atoms with van der Waals surface area (Å²) in [7, 11) is -3.31. The molecular formula is C25H21N5O3S2. The topological polar surface area (TPSA) is 128 Å². The number of rotatable bonds is 5. The van der Waals surface area contributed by atoms with Crippen molar-refractivity contribution in [2.75, 3.05) is 17.3 Å². The summed E-state index contributed by atoms with van der Waals surface area (Å²) in [5.41, 5.74) is 10.1. The highest BCUT2D eigenvalue weighted by molar-refractivity contribution is 7.90. The Bertz CT molecular complexity index is 1730. The Morgan fingerprint density at radius 1 is 1.09 bits per heavy atom. The summed E-state index contributed by atoms with van der Waals surface area (Å²) >= 11 is 1.33. The van der Waals surface area contributed by atoms with Gasteiger partial charge in [-0.15, -0.1) is 11.3 Å². The molecule has 0 saturated heterocycles. The number of pyridine rings is 1. The standard InChI is InChI=1S/C25H21N5O3S2/c1-14-6-7-17-18(8-9-27-20(17)11-15-4-3-5-16(10-15)35(2,32)33)21(14)30-25(31)19-12-34-23-22(19)28-13-29-24(23)26/h3-10,12-13H,11H2,1-2H3,(H,30,31)(H2,26,28,29). The Kier molecular flexibility index (Phi) is 5.70. The number of nitrogens with two attached hydrogens (primary N) is 1. The molecule has 0 aliphatic rings. The molecule has 10 heteroatoms. The smallest absolute Gasteiger partial charge is 0.258 e. The summed E-state index contributed by atoms with van der Waals surface area (Å²) in [5, 5.41) is 6.49. The molecule has 0 atom stereocenters. The van der Waals surface area contributed by atoms with Gasteiger partial charge in [0.15, 0.2) is 9.84 Å². The van der Waals surface area contributed by atoms with Crippen molar-refractivity contribution in [1.82, 2.24) is 15.0 Å². The number of aryl methyl sites for hydroxylation is 1. The Morgan fingerprint density at radius 3 is 2.71 bits per heavy atom. The van der Waals surface area contributed by atoms with Gasteiger partial charge in [-0.05, 0) is 36.2 Å². The average Bonchev–Trinajstić information content (AvgIpc) is 3.26. The van der Waals surface area contributed by atoms with E-state index in [2.05, 4.69) is 20.3 Å². The molecule has 8 nitrogen and oxygen atoms in total. The van der Waals surface area contributed by atoms with Gasteiger partial charge in [0.1, 0.15) is 12.1 Å². The van der Waals surface area contributed by atoms with Crippen LogP contribution in [0.5, 0.6) is 0 Å². The van der Waals surface area contributed by atoms with Crippen molar-refractivity contribution in [1.29, 1.82) is 0 Å². The number of fused-ring (bicyclic) bond motifs is 2. The van der Waals surface area contributed by atoms with Gasteiger partial charge in [-0.2, -0.15) is 0 Å². The maximum Gasteiger partial charge on any atom is 0.258 e. The highest BCUT2D eigenvalue weighted by Crippen LogP contribution is 2.32. The number of benzene rings is 2. The zero-order valence-electron chi connectivity index (χ0n) is 18.9. The lowest BCUT2D eigenvalue weighted by molar-refractivity contribution is 0.102. The predicted molar refractivity (Wildman–Crippen MR) is 139 cm³/mol. The highest BCUT2D eigenvalue weighted by Gasteiger charge is 2.18. The van der Waals surface area contributed by atoms with Gasteiger partial charge in [0.2, 0.25) is 0 Å². The normalized spacial score (nSPS) is 11.7. The van der Waals surface area contributed by atoms with E-state index in [1.807, 2.05) is 31.2 Å². The third kappa shape index (κ3) is 4.33. The molecule has 3 aromatic heterocycles. The second-order valence-corrected chi connectivity index (χ2v) is 11.1. The van der Waals surface area contributed by atoms with E-state index in [-0.39, 0.29) is 10.8 Å². The van der Waals surface area contributed by atoms with Crippen molar-refractivity contribution in [3.63, 3.8) is 0 Å². The molecule has 0 spiro atoms. The number of carbonyl (C=O) groups is 1. The molecular weight excluding hydrogens is 482 g/mol. The zero-order valence-corrected chi connectivity index (χ0v) is 20.6. The van der Waals surface area contributed by atoms with E-state index in [4.69, 9.17) is 5.73 Å². The predicted octanol–water partition coefficient (Wildman–Crippen LogP) is 4.38. The molecule has 3 heterocycles. The van der Waals surface area contributed by atoms with Crippen molar-refractivity contribution in [3.8, 4) is 0 Å². The van der Waals surface area contributed by atoms with Gasteiger partial charge >= 0.3 is 0 Å². The fourth-order valence-corrected chi connectivity index (χ4v) is 5.62. The van der Waals surface area contributed by atoms with E-state index >= 15 is 0 Å². The van der Waals surface area contributed by atoms with Crippen LogP contribution in [0.1, 0.15) is 27.2 Å². The number of aromatic nitrogens is 3. The van der Waals surface area contributed by atoms with Crippen molar-refractivity contribution >= 4 is 59.6 Å². The number of sulfone groups is 1. The fourth-order valence-electron chi connectivity index (χ4n) is 4.02. The van der Waals surface area contributed by atoms with Gasteiger partial charge < -0.3 is 11.1 Å². The summed E-state index contributed by atoms with van der Waals surface area (Å²) in [4.78, 5) is 26.3. The summed E-state index contributed by atoms with van der Waals surface area (Å²) in [6.07, 6.45) is 4.68. The number of hydrogen-bond donors (Lipinski definition) is 2. The van der Waals surface area contributed by atoms with Crippen LogP contribution in [0.4, 0.5) is 11.5 Å². The Hall–Kier alpha value is -3.89. The Labute approximate surface area is 205 Å². The first-order valence-corrected chi connectivity index (χ1v) is 13.4. The van der Waals surface area contributed by atoms with Gasteiger partial charge in [-0.1, -0.05) is 24.3 Å². The van der Waals surface area contributed by atoms with E-state index in [9.17, 15) is 13.2 Å². The molecule has 0 saturated carbocycles. The lowest BCUT2D eigenvalue weighted by atomic mass is 10.00. The summed E-state index contributed by atoms with van der Waals surface area (Å²) in [5.74, 6) is 0.0558. The van der Waals surface area contributed by atoms with Crippen LogP contribution >= 0.6 is 11.3 Å². The number of amides is 1. The third-order valence-corrected chi connectivity index (χ3v) is 7.90. The molecule has 0 unspecified atom stereocenters. The van der Waals surface area contributed by atoms with Crippen molar-refractivity contribution < 1.29 is 13.2 Å². The molecule has 35 heavy (non-hydrogen) atoms. The minimum atomic E-state index is -3.31. The van der Waals surface area contributed by atoms with Crippen molar-refractivity contribution in [3.05, 3.63) is 82.8 Å². The van der Waals surface area contributed by atoms with Crippen LogP contribution in [0.15, 0.2) is 65.3 Å². The van der Waals surface area contributed by atoms with Gasteiger partial charge in [-0.25, -0.2) is 18.4 Å². The maximum atomic E-state index is 13.2. The van der Waals surface area contributed by atoms with E-state index in [1.165, 1.54) is 23.9 Å². The van der Waals surface area contributed by atoms with Crippen LogP contribution in [-0.2, 0) is 16.3 Å². The summed E-state index contributed by atoms with van der Waals surface area (Å²) in [6, 6.07) is 12.6. The number of nitrogens with zero attached hydrogens (tertiary/aromatic N) is 3. The quantitative estimate of drug-likeness (QED) is 0.364. The van der Waals surface area contributed by atoms with Gasteiger partial charge in [0.25, 0.3) is 5.91 Å². The molecule has 0 aliphatic carbocycles. The third-order valence-electron chi connectivity index (χ3n) is 5.80. The van der Waals surface area contributed by atoms with Crippen LogP contribution in [0, 0.1) is 6.92 Å². The Balaban J connectivity index is 1.53. The zero-order chi connectivity index (χ0) is 24.7. The van der Waals surface area contributed by atoms with Gasteiger partial charge in [0, 0.05) is 35.0 Å². The van der Waals surface area contributed by atoms with Crippen LogP contribution in [0.25, 0.3) is 21.0 Å². The monoisotopic (exact) mass is 503 g/mol. The van der Waals surface area contributed by atoms with Gasteiger partial charge in [0.05, 0.1) is 32.1 Å². The molecule has 2 aromatic carbocycles. The van der Waals surface area contributed by atoms with E-state index < -0.39 is 9.84 Å². The molecule has 0 fully saturated rings. The average molecular weight is 504 g/mol. The minimum absolute atomic E-state index is 0.270. The van der Waals surface area contributed by atoms with Crippen molar-refractivity contribution in [2.45, 2.75) is 18.2 Å². The fraction of sp³-hybridized carbons (Fsp3) is 0.120. The highest BCUT2D eigenvalue weighted by atomic mass is 32.2. The number of nitrogens with one attached hydrogen (secondary N) is 1. The second kappa shape index (κ2) is 8.71. The van der Waals surface area contributed by atoms with Crippen LogP contribution < -0.4 is 11.1 Å². The molecule has 0 aliphatic heterocycles. The summed E-state index contributed by atoms with van der Waals surface area (Å²) in [6.45, 7) is 1.93. The number of anilines is 2. The van der Waals surface area contributed by atoms with E-state index in [0.29, 0.717) is 33.7 Å². The number of carbonyl (C=O) groups excluding carboxylic acids is 1. The lowest BCUT2D eigenvalue weighted by Gasteiger charge is -2.14. The van der Waals surface area contributed by atoms with Crippen LogP contribution in [-0.4, -0.2) is 35.5 Å².